The molecular formula is C33H48F3NO3. The fraction of sp³-hybridized carbons (Fsp3) is 0.545. The first kappa shape index (κ1) is 35.2. The number of piperidine rings is 1. The monoisotopic (exact) mass is 563 g/mol. The maximum atomic E-state index is 11.9. The SMILES string of the molecule is CC.CC1CCNCC1.CCCC(CCC)Oc1ccc2oc(C(C)=O)cc2c1.Cc1ccc(C(F)(F)F)cc1. The van der Waals surface area contributed by atoms with E-state index in [1.165, 1.54) is 45.0 Å². The lowest BCUT2D eigenvalue weighted by atomic mass is 10.0. The second kappa shape index (κ2) is 18.5. The van der Waals surface area contributed by atoms with Crippen LogP contribution in [0, 0.1) is 12.8 Å². The standard InChI is InChI=1S/C17H22O3.C8H7F3.C6H13N.C2H6/c1-4-6-14(7-5-2)19-15-8-9-16-13(10-15)11-17(20-16)12(3)18;1-6-2-4-7(5-3-6)8(9,10)11;1-6-2-4-7-5-3-6;1-2/h8-11,14H,4-7H2,1-3H3;2-5H,1H3;6-7H,2-5H2,1H3;1-2H3. The van der Waals surface area contributed by atoms with Gasteiger partial charge in [-0.05, 0) is 88.0 Å². The summed E-state index contributed by atoms with van der Waals surface area (Å²) in [4.78, 5) is 11.3. The summed E-state index contributed by atoms with van der Waals surface area (Å²) in [6, 6.07) is 12.6. The highest BCUT2D eigenvalue weighted by Gasteiger charge is 2.29. The van der Waals surface area contributed by atoms with E-state index in [1.54, 1.807) is 13.0 Å². The summed E-state index contributed by atoms with van der Waals surface area (Å²) < 4.78 is 47.3. The molecule has 1 aliphatic heterocycles. The van der Waals surface area contributed by atoms with E-state index in [4.69, 9.17) is 9.15 Å². The van der Waals surface area contributed by atoms with Gasteiger partial charge >= 0.3 is 6.18 Å². The number of alkyl halides is 3. The predicted octanol–water partition coefficient (Wildman–Crippen LogP) is 10.0. The Morgan fingerprint density at radius 2 is 1.57 bits per heavy atom. The summed E-state index contributed by atoms with van der Waals surface area (Å²) in [6.45, 7) is 16.4. The molecule has 2 aromatic carbocycles. The lowest BCUT2D eigenvalue weighted by molar-refractivity contribution is -0.137. The van der Waals surface area contributed by atoms with E-state index in [1.807, 2.05) is 32.0 Å². The summed E-state index contributed by atoms with van der Waals surface area (Å²) in [6.07, 6.45) is 3.17. The minimum atomic E-state index is -4.21. The van der Waals surface area contributed by atoms with Crippen LogP contribution in [-0.4, -0.2) is 25.0 Å². The van der Waals surface area contributed by atoms with Gasteiger partial charge in [0.15, 0.2) is 11.5 Å². The number of nitrogens with one attached hydrogen (secondary N) is 1. The van der Waals surface area contributed by atoms with Crippen LogP contribution in [0.25, 0.3) is 11.0 Å². The van der Waals surface area contributed by atoms with Crippen LogP contribution in [0.5, 0.6) is 5.75 Å². The van der Waals surface area contributed by atoms with Crippen LogP contribution >= 0.6 is 0 Å². The number of Topliss-reactive ketones (excluding diaryl/α,β-unsaturated/α-hetero) is 1. The van der Waals surface area contributed by atoms with Crippen molar-refractivity contribution in [2.75, 3.05) is 13.1 Å². The number of furan rings is 1. The number of hydrogen-bond acceptors (Lipinski definition) is 4. The molecular weight excluding hydrogens is 515 g/mol. The van der Waals surface area contributed by atoms with E-state index in [9.17, 15) is 18.0 Å². The Kier molecular flexibility index (Phi) is 16.3. The number of halogens is 3. The largest absolute Gasteiger partial charge is 0.490 e. The molecule has 0 saturated carbocycles. The highest BCUT2D eigenvalue weighted by Crippen LogP contribution is 2.29. The van der Waals surface area contributed by atoms with Gasteiger partial charge in [-0.2, -0.15) is 13.2 Å². The highest BCUT2D eigenvalue weighted by atomic mass is 19.4. The van der Waals surface area contributed by atoms with Gasteiger partial charge in [-0.15, -0.1) is 0 Å². The lowest BCUT2D eigenvalue weighted by Crippen LogP contribution is -2.26. The first-order chi connectivity index (χ1) is 19.0. The zero-order valence-corrected chi connectivity index (χ0v) is 25.3. The molecule has 0 bridgehead atoms. The second-order valence-corrected chi connectivity index (χ2v) is 9.98. The van der Waals surface area contributed by atoms with Crippen molar-refractivity contribution in [2.24, 2.45) is 5.92 Å². The van der Waals surface area contributed by atoms with Crippen LogP contribution in [0.4, 0.5) is 13.2 Å². The molecule has 7 heteroatoms. The zero-order valence-electron chi connectivity index (χ0n) is 25.3. The number of fused-ring (bicyclic) bond motifs is 1. The van der Waals surface area contributed by atoms with Crippen molar-refractivity contribution >= 4 is 16.8 Å². The minimum absolute atomic E-state index is 0.0569. The van der Waals surface area contributed by atoms with E-state index in [0.717, 1.165) is 66.0 Å². The zero-order chi connectivity index (χ0) is 30.1. The van der Waals surface area contributed by atoms with Gasteiger partial charge in [0.2, 0.25) is 0 Å². The molecule has 1 aliphatic rings. The Labute approximate surface area is 238 Å². The third-order valence-corrected chi connectivity index (χ3v) is 6.37. The molecule has 0 aliphatic carbocycles. The fourth-order valence-corrected chi connectivity index (χ4v) is 4.08. The Morgan fingerprint density at radius 1 is 1.00 bits per heavy atom. The van der Waals surface area contributed by atoms with Crippen LogP contribution < -0.4 is 10.1 Å². The normalized spacial score (nSPS) is 13.4. The Hall–Kier alpha value is -2.80. The maximum Gasteiger partial charge on any atom is 0.416 e. The maximum absolute atomic E-state index is 11.9. The van der Waals surface area contributed by atoms with Crippen LogP contribution in [0.1, 0.15) is 102 Å². The number of benzene rings is 2. The molecule has 0 atom stereocenters. The number of aryl methyl sites for hydroxylation is 1. The third-order valence-electron chi connectivity index (χ3n) is 6.37. The van der Waals surface area contributed by atoms with Crippen LogP contribution in [0.15, 0.2) is 52.9 Å². The van der Waals surface area contributed by atoms with E-state index in [-0.39, 0.29) is 11.9 Å². The average molecular weight is 564 g/mol. The fourth-order valence-electron chi connectivity index (χ4n) is 4.08. The van der Waals surface area contributed by atoms with Crippen LogP contribution in [0.2, 0.25) is 0 Å². The molecule has 2 heterocycles. The predicted molar refractivity (Wildman–Crippen MR) is 159 cm³/mol. The Balaban J connectivity index is 0.000000334. The molecule has 1 saturated heterocycles. The third kappa shape index (κ3) is 13.0. The molecule has 224 valence electrons. The molecule has 0 unspecified atom stereocenters. The Bertz CT molecular complexity index is 1090. The minimum Gasteiger partial charge on any atom is -0.490 e. The van der Waals surface area contributed by atoms with Gasteiger partial charge in [-0.1, -0.05) is 65.2 Å². The van der Waals surface area contributed by atoms with Gasteiger partial charge in [0.25, 0.3) is 0 Å². The van der Waals surface area contributed by atoms with Gasteiger partial charge < -0.3 is 14.5 Å². The number of ether oxygens (including phenoxy) is 1. The van der Waals surface area contributed by atoms with Crippen molar-refractivity contribution in [3.05, 3.63) is 65.4 Å². The highest BCUT2D eigenvalue weighted by molar-refractivity contribution is 5.96. The van der Waals surface area contributed by atoms with Crippen molar-refractivity contribution in [3.8, 4) is 5.75 Å². The first-order valence-electron chi connectivity index (χ1n) is 14.6. The van der Waals surface area contributed by atoms with E-state index < -0.39 is 11.7 Å². The molecule has 40 heavy (non-hydrogen) atoms. The molecule has 1 aromatic heterocycles. The van der Waals surface area contributed by atoms with E-state index in [2.05, 4.69) is 26.1 Å². The van der Waals surface area contributed by atoms with Crippen LogP contribution in [0.3, 0.4) is 0 Å². The molecule has 0 radical (unpaired) electrons. The molecule has 1 fully saturated rings. The summed E-state index contributed by atoms with van der Waals surface area (Å²) in [7, 11) is 0. The first-order valence-corrected chi connectivity index (χ1v) is 14.6. The van der Waals surface area contributed by atoms with E-state index in [0.29, 0.717) is 5.76 Å². The smallest absolute Gasteiger partial charge is 0.416 e. The molecule has 1 N–H and O–H groups in total. The van der Waals surface area contributed by atoms with Crippen molar-refractivity contribution in [1.82, 2.24) is 5.32 Å². The molecule has 3 aromatic rings. The van der Waals surface area contributed by atoms with Crippen molar-refractivity contribution in [3.63, 3.8) is 0 Å². The van der Waals surface area contributed by atoms with Gasteiger partial charge in [0.05, 0.1) is 11.7 Å². The molecule has 4 nitrogen and oxygen atoms in total. The summed E-state index contributed by atoms with van der Waals surface area (Å²) >= 11 is 0. The lowest BCUT2D eigenvalue weighted by Gasteiger charge is -2.17. The quantitative estimate of drug-likeness (QED) is 0.291. The van der Waals surface area contributed by atoms with Crippen LogP contribution in [-0.2, 0) is 6.18 Å². The van der Waals surface area contributed by atoms with Gasteiger partial charge in [0, 0.05) is 12.3 Å². The topological polar surface area (TPSA) is 51.5 Å². The number of carbonyl (C=O) groups excluding carboxylic acids is 1. The molecule has 0 spiro atoms. The van der Waals surface area contributed by atoms with Gasteiger partial charge in [-0.3, -0.25) is 4.79 Å². The van der Waals surface area contributed by atoms with Gasteiger partial charge in [0.1, 0.15) is 11.3 Å². The Morgan fingerprint density at radius 3 is 2.02 bits per heavy atom. The number of rotatable bonds is 7. The summed E-state index contributed by atoms with van der Waals surface area (Å²) in [5.74, 6) is 2.16. The average Bonchev–Trinajstić information content (AvgIpc) is 3.35. The van der Waals surface area contributed by atoms with Crippen molar-refractivity contribution in [1.29, 1.82) is 0 Å². The second-order valence-electron chi connectivity index (χ2n) is 9.98. The van der Waals surface area contributed by atoms with Gasteiger partial charge in [-0.25, -0.2) is 0 Å². The number of carbonyl (C=O) groups is 1. The summed E-state index contributed by atoms with van der Waals surface area (Å²) in [5.41, 5.74) is 0.964. The number of hydrogen-bond donors (Lipinski definition) is 1. The molecule has 4 rings (SSSR count). The number of ketones is 1. The molecule has 0 amide bonds. The van der Waals surface area contributed by atoms with Crippen molar-refractivity contribution < 1.29 is 27.1 Å². The summed E-state index contributed by atoms with van der Waals surface area (Å²) in [5, 5.41) is 4.23. The van der Waals surface area contributed by atoms with E-state index >= 15 is 0 Å². The van der Waals surface area contributed by atoms with Crippen molar-refractivity contribution in [2.45, 2.75) is 99.3 Å².